The lowest BCUT2D eigenvalue weighted by atomic mass is 10.0. The van der Waals surface area contributed by atoms with Crippen LogP contribution in [-0.4, -0.2) is 15.3 Å². The van der Waals surface area contributed by atoms with Gasteiger partial charge in [0.2, 0.25) is 0 Å². The number of carbonyl (C=O) groups is 1. The lowest BCUT2D eigenvalue weighted by Crippen LogP contribution is -2.26. The molecule has 0 N–H and O–H groups in total. The second-order valence-corrected chi connectivity index (χ2v) is 6.10. The first-order chi connectivity index (χ1) is 9.65. The SMILES string of the molecule is O=C(Cn1cncc(I)c1=O)c1ccc2c(c1)CCC2. The van der Waals surface area contributed by atoms with E-state index in [1.807, 2.05) is 40.8 Å². The summed E-state index contributed by atoms with van der Waals surface area (Å²) in [5.74, 6) is -0.0504. The van der Waals surface area contributed by atoms with Gasteiger partial charge in [0.25, 0.3) is 5.56 Å². The minimum Gasteiger partial charge on any atom is -0.292 e. The third-order valence-electron chi connectivity index (χ3n) is 3.59. The minimum absolute atomic E-state index is 0.0431. The molecule has 0 fully saturated rings. The molecule has 1 heterocycles. The number of benzene rings is 1. The highest BCUT2D eigenvalue weighted by Gasteiger charge is 2.14. The van der Waals surface area contributed by atoms with E-state index in [-0.39, 0.29) is 17.9 Å². The highest BCUT2D eigenvalue weighted by molar-refractivity contribution is 14.1. The van der Waals surface area contributed by atoms with Gasteiger partial charge in [-0.3, -0.25) is 14.2 Å². The van der Waals surface area contributed by atoms with Crippen LogP contribution in [-0.2, 0) is 19.4 Å². The number of rotatable bonds is 3. The molecule has 4 nitrogen and oxygen atoms in total. The third-order valence-corrected chi connectivity index (χ3v) is 4.33. The summed E-state index contributed by atoms with van der Waals surface area (Å²) >= 11 is 1.93. The van der Waals surface area contributed by atoms with E-state index in [0.29, 0.717) is 9.13 Å². The Balaban J connectivity index is 1.86. The van der Waals surface area contributed by atoms with Gasteiger partial charge in [-0.25, -0.2) is 4.98 Å². The van der Waals surface area contributed by atoms with Crippen LogP contribution in [0.1, 0.15) is 27.9 Å². The molecule has 102 valence electrons. The first-order valence-electron chi connectivity index (χ1n) is 6.50. The number of hydrogen-bond donors (Lipinski definition) is 0. The van der Waals surface area contributed by atoms with E-state index in [1.54, 1.807) is 0 Å². The van der Waals surface area contributed by atoms with E-state index in [4.69, 9.17) is 0 Å². The molecular formula is C15H13IN2O2. The highest BCUT2D eigenvalue weighted by atomic mass is 127. The number of carbonyl (C=O) groups excluding carboxylic acids is 1. The second-order valence-electron chi connectivity index (χ2n) is 4.93. The molecule has 5 heteroatoms. The van der Waals surface area contributed by atoms with Crippen molar-refractivity contribution in [1.82, 2.24) is 9.55 Å². The van der Waals surface area contributed by atoms with Crippen LogP contribution in [0.25, 0.3) is 0 Å². The van der Waals surface area contributed by atoms with Crippen molar-refractivity contribution in [3.8, 4) is 0 Å². The van der Waals surface area contributed by atoms with Crippen molar-refractivity contribution in [3.05, 3.63) is 61.3 Å². The highest BCUT2D eigenvalue weighted by Crippen LogP contribution is 2.23. The second kappa shape index (κ2) is 5.47. The van der Waals surface area contributed by atoms with Gasteiger partial charge < -0.3 is 0 Å². The fourth-order valence-electron chi connectivity index (χ4n) is 2.53. The smallest absolute Gasteiger partial charge is 0.267 e. The lowest BCUT2D eigenvalue weighted by molar-refractivity contribution is 0.0970. The summed E-state index contributed by atoms with van der Waals surface area (Å²) in [6.07, 6.45) is 6.22. The van der Waals surface area contributed by atoms with Gasteiger partial charge >= 0.3 is 0 Å². The molecule has 3 rings (SSSR count). The van der Waals surface area contributed by atoms with E-state index in [0.717, 1.165) is 19.3 Å². The Morgan fingerprint density at radius 3 is 2.95 bits per heavy atom. The number of ketones is 1. The van der Waals surface area contributed by atoms with Crippen LogP contribution in [0.3, 0.4) is 0 Å². The predicted octanol–water partition coefficient (Wildman–Crippen LogP) is 2.22. The molecule has 2 aromatic rings. The topological polar surface area (TPSA) is 52.0 Å². The Hall–Kier alpha value is -1.50. The van der Waals surface area contributed by atoms with Crippen molar-refractivity contribution in [2.45, 2.75) is 25.8 Å². The van der Waals surface area contributed by atoms with Crippen LogP contribution in [0.15, 0.2) is 35.5 Å². The molecule has 0 saturated carbocycles. The molecule has 20 heavy (non-hydrogen) atoms. The van der Waals surface area contributed by atoms with E-state index in [1.165, 1.54) is 28.2 Å². The summed E-state index contributed by atoms with van der Waals surface area (Å²) in [5.41, 5.74) is 3.12. The van der Waals surface area contributed by atoms with E-state index in [2.05, 4.69) is 4.98 Å². The molecule has 0 saturated heterocycles. The Labute approximate surface area is 130 Å². The molecule has 0 aliphatic heterocycles. The summed E-state index contributed by atoms with van der Waals surface area (Å²) in [6.45, 7) is 0.0431. The number of fused-ring (bicyclic) bond motifs is 1. The molecule has 0 amide bonds. The van der Waals surface area contributed by atoms with Gasteiger partial charge in [-0.1, -0.05) is 12.1 Å². The Morgan fingerprint density at radius 2 is 2.10 bits per heavy atom. The van der Waals surface area contributed by atoms with Gasteiger partial charge in [-0.15, -0.1) is 0 Å². The monoisotopic (exact) mass is 380 g/mol. The average molecular weight is 380 g/mol. The number of aryl methyl sites for hydroxylation is 2. The Kier molecular flexibility index (Phi) is 3.69. The minimum atomic E-state index is -0.171. The van der Waals surface area contributed by atoms with Gasteiger partial charge in [0.1, 0.15) is 0 Å². The Bertz CT molecular complexity index is 737. The first-order valence-corrected chi connectivity index (χ1v) is 7.58. The summed E-state index contributed by atoms with van der Waals surface area (Å²) in [4.78, 5) is 28.1. The molecule has 0 radical (unpaired) electrons. The molecule has 1 aromatic carbocycles. The third kappa shape index (κ3) is 2.54. The summed E-state index contributed by atoms with van der Waals surface area (Å²) < 4.78 is 1.88. The summed E-state index contributed by atoms with van der Waals surface area (Å²) in [5, 5.41) is 0. The standard InChI is InChI=1S/C15H13IN2O2/c16-13-7-17-9-18(15(13)20)8-14(19)12-5-4-10-2-1-3-11(10)6-12/h4-7,9H,1-3,8H2. The zero-order chi connectivity index (χ0) is 14.1. The van der Waals surface area contributed by atoms with Crippen LogP contribution in [0.2, 0.25) is 0 Å². The number of halogens is 1. The van der Waals surface area contributed by atoms with Gasteiger partial charge in [0, 0.05) is 11.8 Å². The number of nitrogens with zero attached hydrogens (tertiary/aromatic N) is 2. The van der Waals surface area contributed by atoms with Crippen molar-refractivity contribution in [3.63, 3.8) is 0 Å². The largest absolute Gasteiger partial charge is 0.292 e. The predicted molar refractivity (Wildman–Crippen MR) is 84.0 cm³/mol. The van der Waals surface area contributed by atoms with Gasteiger partial charge in [-0.2, -0.15) is 0 Å². The number of aromatic nitrogens is 2. The van der Waals surface area contributed by atoms with Crippen LogP contribution in [0.5, 0.6) is 0 Å². The van der Waals surface area contributed by atoms with Crippen LogP contribution >= 0.6 is 22.6 Å². The maximum atomic E-state index is 12.3. The van der Waals surface area contributed by atoms with Crippen molar-refractivity contribution >= 4 is 28.4 Å². The number of hydrogen-bond acceptors (Lipinski definition) is 3. The maximum absolute atomic E-state index is 12.3. The summed E-state index contributed by atoms with van der Waals surface area (Å²) in [7, 11) is 0. The Morgan fingerprint density at radius 1 is 1.30 bits per heavy atom. The van der Waals surface area contributed by atoms with Crippen LogP contribution < -0.4 is 5.56 Å². The molecule has 1 aliphatic rings. The molecule has 0 spiro atoms. The van der Waals surface area contributed by atoms with Crippen molar-refractivity contribution < 1.29 is 4.79 Å². The van der Waals surface area contributed by atoms with Crippen molar-refractivity contribution in [1.29, 1.82) is 0 Å². The van der Waals surface area contributed by atoms with Crippen molar-refractivity contribution in [2.24, 2.45) is 0 Å². The molecule has 0 atom stereocenters. The number of Topliss-reactive ketones (excluding diaryl/α,β-unsaturated/α-hetero) is 1. The van der Waals surface area contributed by atoms with E-state index >= 15 is 0 Å². The van der Waals surface area contributed by atoms with E-state index < -0.39 is 0 Å². The first kappa shape index (κ1) is 13.5. The van der Waals surface area contributed by atoms with Gasteiger partial charge in [-0.05, 0) is 59.0 Å². The van der Waals surface area contributed by atoms with Crippen LogP contribution in [0, 0.1) is 3.57 Å². The van der Waals surface area contributed by atoms with E-state index in [9.17, 15) is 9.59 Å². The fraction of sp³-hybridized carbons (Fsp3) is 0.267. The molecule has 0 bridgehead atoms. The fourth-order valence-corrected chi connectivity index (χ4v) is 3.00. The van der Waals surface area contributed by atoms with Crippen molar-refractivity contribution in [2.75, 3.05) is 0 Å². The summed E-state index contributed by atoms with van der Waals surface area (Å²) in [6, 6.07) is 5.86. The van der Waals surface area contributed by atoms with Gasteiger partial charge in [0.15, 0.2) is 5.78 Å². The van der Waals surface area contributed by atoms with Gasteiger partial charge in [0.05, 0.1) is 16.4 Å². The zero-order valence-electron chi connectivity index (χ0n) is 10.8. The molecule has 1 aromatic heterocycles. The van der Waals surface area contributed by atoms with Crippen LogP contribution in [0.4, 0.5) is 0 Å². The normalized spacial score (nSPS) is 13.2. The molecule has 1 aliphatic carbocycles. The average Bonchev–Trinajstić information content (AvgIpc) is 2.91. The zero-order valence-corrected chi connectivity index (χ0v) is 13.0. The maximum Gasteiger partial charge on any atom is 0.267 e. The molecule has 0 unspecified atom stereocenters. The quantitative estimate of drug-likeness (QED) is 0.606. The lowest BCUT2D eigenvalue weighted by Gasteiger charge is -2.06. The molecular weight excluding hydrogens is 367 g/mol.